The fraction of sp³-hybridized carbons (Fsp3) is 0.833. The summed E-state index contributed by atoms with van der Waals surface area (Å²) >= 11 is 4.88. The normalized spacial score (nSPS) is 15.4. The minimum atomic E-state index is 0.176. The Kier molecular flexibility index (Phi) is 5.33. The van der Waals surface area contributed by atoms with Crippen molar-refractivity contribution in [2.75, 3.05) is 20.1 Å². The number of hydrogen-bond donors (Lipinski definition) is 1. The number of nitrogens with two attached hydrogens (primary N) is 1. The average Bonchev–Trinajstić information content (AvgIpc) is 3.05. The van der Waals surface area contributed by atoms with E-state index >= 15 is 0 Å². The van der Waals surface area contributed by atoms with Gasteiger partial charge in [0.1, 0.15) is 0 Å². The van der Waals surface area contributed by atoms with Gasteiger partial charge >= 0.3 is 0 Å². The zero-order valence-electron chi connectivity index (χ0n) is 11.0. The lowest BCUT2D eigenvalue weighted by Crippen LogP contribution is -2.43. The van der Waals surface area contributed by atoms with Gasteiger partial charge in [-0.25, -0.2) is 0 Å². The lowest BCUT2D eigenvalue weighted by molar-refractivity contribution is -0.132. The Morgan fingerprint density at radius 1 is 1.47 bits per heavy atom. The monoisotopic (exact) mass is 257 g/mol. The molecule has 5 heteroatoms. The summed E-state index contributed by atoms with van der Waals surface area (Å²) < 4.78 is 0. The summed E-state index contributed by atoms with van der Waals surface area (Å²) in [7, 11) is 1.85. The summed E-state index contributed by atoms with van der Waals surface area (Å²) in [4.78, 5) is 16.5. The van der Waals surface area contributed by atoms with Crippen LogP contribution >= 0.6 is 12.2 Å². The van der Waals surface area contributed by atoms with Crippen molar-refractivity contribution >= 4 is 23.1 Å². The summed E-state index contributed by atoms with van der Waals surface area (Å²) in [6, 6.07) is 0.813. The SMILES string of the molecule is CC(C)N(C)C(=O)CN(CCC(N)=S)C1CC1. The number of nitrogens with zero attached hydrogens (tertiary/aromatic N) is 2. The van der Waals surface area contributed by atoms with Crippen LogP contribution in [0.5, 0.6) is 0 Å². The van der Waals surface area contributed by atoms with Crippen LogP contribution in [0.2, 0.25) is 0 Å². The first-order valence-corrected chi connectivity index (χ1v) is 6.60. The van der Waals surface area contributed by atoms with Crippen molar-refractivity contribution in [1.29, 1.82) is 0 Å². The molecule has 4 nitrogen and oxygen atoms in total. The Morgan fingerprint density at radius 3 is 2.47 bits per heavy atom. The molecule has 0 bridgehead atoms. The summed E-state index contributed by atoms with van der Waals surface area (Å²) in [6.45, 7) is 5.34. The molecule has 0 saturated heterocycles. The van der Waals surface area contributed by atoms with Crippen molar-refractivity contribution < 1.29 is 4.79 Å². The van der Waals surface area contributed by atoms with E-state index < -0.39 is 0 Å². The molecular weight excluding hydrogens is 234 g/mol. The molecule has 0 spiro atoms. The summed E-state index contributed by atoms with van der Waals surface area (Å²) in [5.74, 6) is 0.176. The molecule has 1 amide bonds. The van der Waals surface area contributed by atoms with E-state index in [9.17, 15) is 4.79 Å². The third kappa shape index (κ3) is 5.00. The standard InChI is InChI=1S/C12H23N3OS/c1-9(2)14(3)12(16)8-15(10-4-5-10)7-6-11(13)17/h9-10H,4-8H2,1-3H3,(H2,13,17). The summed E-state index contributed by atoms with van der Waals surface area (Å²) in [6.07, 6.45) is 3.08. The highest BCUT2D eigenvalue weighted by Crippen LogP contribution is 2.26. The predicted octanol–water partition coefficient (Wildman–Crippen LogP) is 0.994. The molecule has 1 saturated carbocycles. The number of amides is 1. The molecule has 0 aromatic carbocycles. The molecule has 0 aliphatic heterocycles. The number of thiocarbonyl (C=S) groups is 1. The minimum Gasteiger partial charge on any atom is -0.393 e. The van der Waals surface area contributed by atoms with Crippen LogP contribution in [0.15, 0.2) is 0 Å². The van der Waals surface area contributed by atoms with Crippen molar-refractivity contribution in [2.45, 2.75) is 45.2 Å². The quantitative estimate of drug-likeness (QED) is 0.691. The second kappa shape index (κ2) is 6.31. The van der Waals surface area contributed by atoms with E-state index in [2.05, 4.69) is 4.90 Å². The van der Waals surface area contributed by atoms with Crippen LogP contribution in [0.4, 0.5) is 0 Å². The molecule has 98 valence electrons. The number of rotatable bonds is 7. The molecule has 17 heavy (non-hydrogen) atoms. The van der Waals surface area contributed by atoms with Crippen molar-refractivity contribution in [3.63, 3.8) is 0 Å². The van der Waals surface area contributed by atoms with Gasteiger partial charge < -0.3 is 10.6 Å². The van der Waals surface area contributed by atoms with Crippen molar-refractivity contribution in [3.05, 3.63) is 0 Å². The molecule has 1 rings (SSSR count). The third-order valence-electron chi connectivity index (χ3n) is 3.22. The molecule has 1 aliphatic carbocycles. The maximum absolute atomic E-state index is 12.0. The fourth-order valence-corrected chi connectivity index (χ4v) is 1.75. The van der Waals surface area contributed by atoms with E-state index in [-0.39, 0.29) is 11.9 Å². The Hall–Kier alpha value is -0.680. The first-order valence-electron chi connectivity index (χ1n) is 6.19. The average molecular weight is 257 g/mol. The zero-order valence-corrected chi connectivity index (χ0v) is 11.8. The third-order valence-corrected chi connectivity index (χ3v) is 3.42. The highest BCUT2D eigenvalue weighted by Gasteiger charge is 2.30. The van der Waals surface area contributed by atoms with Gasteiger partial charge in [-0.05, 0) is 26.7 Å². The van der Waals surface area contributed by atoms with Gasteiger partial charge in [0, 0.05) is 32.1 Å². The number of likely N-dealkylation sites (N-methyl/N-ethyl adjacent to an activating group) is 1. The lowest BCUT2D eigenvalue weighted by Gasteiger charge is -2.27. The maximum Gasteiger partial charge on any atom is 0.236 e. The Labute approximate surface area is 109 Å². The minimum absolute atomic E-state index is 0.176. The van der Waals surface area contributed by atoms with Crippen LogP contribution in [0.3, 0.4) is 0 Å². The van der Waals surface area contributed by atoms with Crippen LogP contribution in [-0.4, -0.2) is 52.9 Å². The van der Waals surface area contributed by atoms with Gasteiger partial charge in [-0.1, -0.05) is 12.2 Å². The second-order valence-corrected chi connectivity index (χ2v) is 5.54. The van der Waals surface area contributed by atoms with E-state index in [0.717, 1.165) is 6.54 Å². The van der Waals surface area contributed by atoms with E-state index in [1.807, 2.05) is 20.9 Å². The molecule has 1 aliphatic rings. The molecule has 1 fully saturated rings. The lowest BCUT2D eigenvalue weighted by atomic mass is 10.3. The molecule has 0 aromatic heterocycles. The van der Waals surface area contributed by atoms with Gasteiger partial charge in [0.15, 0.2) is 0 Å². The molecule has 2 N–H and O–H groups in total. The van der Waals surface area contributed by atoms with Crippen molar-refractivity contribution in [3.8, 4) is 0 Å². The van der Waals surface area contributed by atoms with Crippen molar-refractivity contribution in [1.82, 2.24) is 9.80 Å². The topological polar surface area (TPSA) is 49.6 Å². The summed E-state index contributed by atoms with van der Waals surface area (Å²) in [5.41, 5.74) is 5.51. The van der Waals surface area contributed by atoms with Crippen LogP contribution < -0.4 is 5.73 Å². The van der Waals surface area contributed by atoms with Gasteiger partial charge in [0.25, 0.3) is 0 Å². The van der Waals surface area contributed by atoms with E-state index in [1.54, 1.807) is 4.90 Å². The Balaban J connectivity index is 2.43. The van der Waals surface area contributed by atoms with Crippen LogP contribution in [0.25, 0.3) is 0 Å². The largest absolute Gasteiger partial charge is 0.393 e. The van der Waals surface area contributed by atoms with Gasteiger partial charge in [0.05, 0.1) is 11.5 Å². The van der Waals surface area contributed by atoms with E-state index in [1.165, 1.54) is 12.8 Å². The first-order chi connectivity index (χ1) is 7.91. The van der Waals surface area contributed by atoms with Gasteiger partial charge in [-0.3, -0.25) is 9.69 Å². The van der Waals surface area contributed by atoms with Gasteiger partial charge in [-0.15, -0.1) is 0 Å². The second-order valence-electron chi connectivity index (χ2n) is 5.02. The molecule has 0 heterocycles. The smallest absolute Gasteiger partial charge is 0.236 e. The fourth-order valence-electron chi connectivity index (χ4n) is 1.66. The summed E-state index contributed by atoms with van der Waals surface area (Å²) in [5, 5.41) is 0. The zero-order chi connectivity index (χ0) is 13.0. The first kappa shape index (κ1) is 14.4. The van der Waals surface area contributed by atoms with Crippen LogP contribution in [-0.2, 0) is 4.79 Å². The highest BCUT2D eigenvalue weighted by atomic mass is 32.1. The Bertz CT molecular complexity index is 289. The van der Waals surface area contributed by atoms with E-state index in [0.29, 0.717) is 24.0 Å². The Morgan fingerprint density at radius 2 is 2.06 bits per heavy atom. The molecule has 0 atom stereocenters. The number of carbonyl (C=O) groups excluding carboxylic acids is 1. The molecule has 0 aromatic rings. The highest BCUT2D eigenvalue weighted by molar-refractivity contribution is 7.80. The molecule has 0 radical (unpaired) electrons. The number of carbonyl (C=O) groups is 1. The van der Waals surface area contributed by atoms with E-state index in [4.69, 9.17) is 18.0 Å². The molecule has 0 unspecified atom stereocenters. The van der Waals surface area contributed by atoms with Gasteiger partial charge in [0.2, 0.25) is 5.91 Å². The van der Waals surface area contributed by atoms with Crippen LogP contribution in [0, 0.1) is 0 Å². The number of hydrogen-bond acceptors (Lipinski definition) is 3. The van der Waals surface area contributed by atoms with Crippen LogP contribution in [0.1, 0.15) is 33.1 Å². The maximum atomic E-state index is 12.0. The van der Waals surface area contributed by atoms with Gasteiger partial charge in [-0.2, -0.15) is 0 Å². The molecular formula is C12H23N3OS. The van der Waals surface area contributed by atoms with Crippen molar-refractivity contribution in [2.24, 2.45) is 5.73 Å². The predicted molar refractivity (Wildman–Crippen MR) is 73.9 cm³/mol.